The molecule has 3 aromatic carbocycles. The molecule has 7 rings (SSSR count). The summed E-state index contributed by atoms with van der Waals surface area (Å²) in [5.74, 6) is -0.478. The number of hydrogen-bond donors (Lipinski definition) is 1. The Hall–Kier alpha value is -5.18. The van der Waals surface area contributed by atoms with Crippen LogP contribution >= 0.6 is 0 Å². The van der Waals surface area contributed by atoms with Crippen LogP contribution in [0, 0.1) is 11.7 Å². The van der Waals surface area contributed by atoms with Crippen molar-refractivity contribution in [2.24, 2.45) is 5.92 Å². The van der Waals surface area contributed by atoms with E-state index in [1.165, 1.54) is 12.4 Å². The lowest BCUT2D eigenvalue weighted by atomic mass is 9.73. The molecule has 1 amide bonds. The summed E-state index contributed by atoms with van der Waals surface area (Å²) in [5.41, 5.74) is 3.32. The minimum atomic E-state index is -1.13. The van der Waals surface area contributed by atoms with Gasteiger partial charge in [0.2, 0.25) is 5.91 Å². The molecule has 0 radical (unpaired) electrons. The second-order valence-corrected chi connectivity index (χ2v) is 11.6. The van der Waals surface area contributed by atoms with Crippen molar-refractivity contribution in [2.75, 3.05) is 29.6 Å². The lowest BCUT2D eigenvalue weighted by Gasteiger charge is -2.42. The number of nitrogens with zero attached hydrogens (tertiary/aromatic N) is 4. The zero-order valence-corrected chi connectivity index (χ0v) is 24.4. The van der Waals surface area contributed by atoms with Gasteiger partial charge in [-0.2, -0.15) is 0 Å². The molecule has 2 heterocycles. The smallest absolute Gasteiger partial charge is 0.239 e. The van der Waals surface area contributed by atoms with Crippen LogP contribution in [-0.2, 0) is 21.5 Å². The van der Waals surface area contributed by atoms with Crippen molar-refractivity contribution in [1.29, 1.82) is 0 Å². The van der Waals surface area contributed by atoms with Gasteiger partial charge in [-0.1, -0.05) is 67.6 Å². The molecule has 0 bridgehead atoms. The number of hydrogen-bond acceptors (Lipinski definition) is 7. The van der Waals surface area contributed by atoms with E-state index in [2.05, 4.69) is 15.3 Å². The van der Waals surface area contributed by atoms with Crippen molar-refractivity contribution >= 4 is 41.1 Å². The van der Waals surface area contributed by atoms with E-state index in [4.69, 9.17) is 0 Å². The van der Waals surface area contributed by atoms with Crippen LogP contribution in [0.1, 0.15) is 35.3 Å². The number of ketones is 2. The molecule has 3 aliphatic rings. The topological polar surface area (TPSA) is 95.5 Å². The molecule has 1 aliphatic heterocycles. The number of Topliss-reactive ketones (excluding diaryl/α,β-unsaturated/α-hetero) is 2. The van der Waals surface area contributed by atoms with Gasteiger partial charge in [0, 0.05) is 18.0 Å². The monoisotopic (exact) mass is 587 g/mol. The lowest BCUT2D eigenvalue weighted by Crippen LogP contribution is -2.59. The first-order chi connectivity index (χ1) is 21.3. The average Bonchev–Trinajstić information content (AvgIpc) is 3.40. The quantitative estimate of drug-likeness (QED) is 0.371. The Morgan fingerprint density at radius 2 is 1.80 bits per heavy atom. The Bertz CT molecular complexity index is 1990. The summed E-state index contributed by atoms with van der Waals surface area (Å²) in [7, 11) is 0. The summed E-state index contributed by atoms with van der Waals surface area (Å²) in [6, 6.07) is 18.1. The van der Waals surface area contributed by atoms with E-state index < -0.39 is 11.5 Å². The van der Waals surface area contributed by atoms with E-state index in [1.807, 2.05) is 66.1 Å². The summed E-state index contributed by atoms with van der Waals surface area (Å²) < 4.78 is 14.0. The molecule has 2 aliphatic carbocycles. The minimum absolute atomic E-state index is 0.00626. The van der Waals surface area contributed by atoms with Crippen LogP contribution in [-0.4, -0.2) is 47.2 Å². The minimum Gasteiger partial charge on any atom is -0.354 e. The zero-order chi connectivity index (χ0) is 30.6. The van der Waals surface area contributed by atoms with Gasteiger partial charge >= 0.3 is 0 Å². The van der Waals surface area contributed by atoms with E-state index in [-0.39, 0.29) is 43.0 Å². The number of rotatable bonds is 6. The highest BCUT2D eigenvalue weighted by atomic mass is 19.1. The highest BCUT2D eigenvalue weighted by Gasteiger charge is 2.50. The van der Waals surface area contributed by atoms with Crippen LogP contribution < -0.4 is 25.6 Å². The fraction of sp³-hybridized carbons (Fsp3) is 0.229. The van der Waals surface area contributed by atoms with E-state index in [0.29, 0.717) is 29.1 Å². The fourth-order valence-electron chi connectivity index (χ4n) is 6.77. The molecule has 44 heavy (non-hydrogen) atoms. The van der Waals surface area contributed by atoms with Crippen LogP contribution in [0.15, 0.2) is 73.2 Å². The normalized spacial score (nSPS) is 19.8. The number of aromatic nitrogens is 2. The Morgan fingerprint density at radius 1 is 1.02 bits per heavy atom. The molecule has 1 N–H and O–H groups in total. The van der Waals surface area contributed by atoms with Gasteiger partial charge in [0.1, 0.15) is 23.4 Å². The van der Waals surface area contributed by atoms with E-state index in [9.17, 15) is 18.8 Å². The first-order valence-electron chi connectivity index (χ1n) is 14.6. The maximum absolute atomic E-state index is 14.1. The molecule has 220 valence electrons. The standard InChI is InChI=1S/C35H30FN5O3/c1-21-15-27-26-16-31(42)25-9-5-4-8-23(25)24(26)11-12-28(27)35(2,33(21)44)41-20-40(30-17-37-19-39-34(30)41)18-32(43)38-14-13-22-7-3-6-10-29(22)36/h3-12,15-17,19,21H,13-14,18,20H2,1-2H3,(H,38,43). The number of carbonyl (C=O) groups is 3. The van der Waals surface area contributed by atoms with Crippen LogP contribution in [0.3, 0.4) is 0 Å². The van der Waals surface area contributed by atoms with E-state index in [1.54, 1.807) is 30.5 Å². The molecular weight excluding hydrogens is 557 g/mol. The molecule has 1 aromatic heterocycles. The van der Waals surface area contributed by atoms with Gasteiger partial charge < -0.3 is 15.1 Å². The second-order valence-electron chi connectivity index (χ2n) is 11.6. The highest BCUT2D eigenvalue weighted by molar-refractivity contribution is 6.22. The zero-order valence-electron chi connectivity index (χ0n) is 24.4. The van der Waals surface area contributed by atoms with Gasteiger partial charge in [0.05, 0.1) is 19.4 Å². The van der Waals surface area contributed by atoms with Crippen LogP contribution in [0.4, 0.5) is 15.9 Å². The molecule has 0 saturated heterocycles. The molecule has 4 aromatic rings. The number of fused-ring (bicyclic) bond motifs is 6. The third-order valence-electron chi connectivity index (χ3n) is 9.01. The number of halogens is 1. The van der Waals surface area contributed by atoms with Crippen LogP contribution in [0.2, 0.25) is 0 Å². The van der Waals surface area contributed by atoms with Crippen molar-refractivity contribution in [3.05, 3.63) is 106 Å². The molecule has 0 saturated carbocycles. The number of nitrogens with one attached hydrogen (secondary N) is 1. The van der Waals surface area contributed by atoms with Gasteiger partial charge in [0.15, 0.2) is 17.4 Å². The fourth-order valence-corrected chi connectivity index (χ4v) is 6.77. The predicted molar refractivity (Wildman–Crippen MR) is 166 cm³/mol. The predicted octanol–water partition coefficient (Wildman–Crippen LogP) is 3.12. The van der Waals surface area contributed by atoms with Crippen LogP contribution in [0.25, 0.3) is 23.3 Å². The average molecular weight is 588 g/mol. The first kappa shape index (κ1) is 27.6. The molecule has 2 unspecified atom stereocenters. The summed E-state index contributed by atoms with van der Waals surface area (Å²) in [4.78, 5) is 52.9. The SMILES string of the molecule is CC1C=c2c(ccc3c2=CC(=O)c2ccccc2-3)C(C)(N2CN(CC(=O)NCCc3ccccc3F)c3cncnc32)C1=O. The van der Waals surface area contributed by atoms with Crippen molar-refractivity contribution < 1.29 is 18.8 Å². The Morgan fingerprint density at radius 3 is 2.61 bits per heavy atom. The third kappa shape index (κ3) is 4.30. The summed E-state index contributed by atoms with van der Waals surface area (Å²) in [5, 5.41) is 4.55. The molecular formula is C35H30FN5O3. The van der Waals surface area contributed by atoms with Gasteiger partial charge in [-0.05, 0) is 58.2 Å². The Labute approximate surface area is 253 Å². The molecule has 9 heteroatoms. The van der Waals surface area contributed by atoms with Crippen molar-refractivity contribution in [3.8, 4) is 11.1 Å². The van der Waals surface area contributed by atoms with Gasteiger partial charge in [-0.25, -0.2) is 14.4 Å². The highest BCUT2D eigenvalue weighted by Crippen LogP contribution is 2.43. The van der Waals surface area contributed by atoms with E-state index >= 15 is 0 Å². The van der Waals surface area contributed by atoms with Crippen molar-refractivity contribution in [1.82, 2.24) is 15.3 Å². The van der Waals surface area contributed by atoms with Crippen LogP contribution in [0.5, 0.6) is 0 Å². The van der Waals surface area contributed by atoms with Gasteiger partial charge in [0.25, 0.3) is 0 Å². The summed E-state index contributed by atoms with van der Waals surface area (Å²) >= 11 is 0. The van der Waals surface area contributed by atoms with E-state index in [0.717, 1.165) is 27.1 Å². The number of anilines is 2. The molecule has 0 fully saturated rings. The van der Waals surface area contributed by atoms with Crippen molar-refractivity contribution in [2.45, 2.75) is 25.8 Å². The third-order valence-corrected chi connectivity index (χ3v) is 9.01. The maximum atomic E-state index is 14.1. The number of amides is 1. The first-order valence-corrected chi connectivity index (χ1v) is 14.6. The molecule has 0 spiro atoms. The summed E-state index contributed by atoms with van der Waals surface area (Å²) in [6.45, 7) is 4.30. The number of carbonyl (C=O) groups excluding carboxylic acids is 3. The van der Waals surface area contributed by atoms with Crippen molar-refractivity contribution in [3.63, 3.8) is 0 Å². The lowest BCUT2D eigenvalue weighted by molar-refractivity contribution is -0.126. The maximum Gasteiger partial charge on any atom is 0.239 e. The Kier molecular flexibility index (Phi) is 6.61. The molecule has 2 atom stereocenters. The molecule has 8 nitrogen and oxygen atoms in total. The second kappa shape index (κ2) is 10.5. The van der Waals surface area contributed by atoms with Gasteiger partial charge in [-0.15, -0.1) is 0 Å². The largest absolute Gasteiger partial charge is 0.354 e. The number of benzene rings is 3. The van der Waals surface area contributed by atoms with Gasteiger partial charge in [-0.3, -0.25) is 14.4 Å². The summed E-state index contributed by atoms with van der Waals surface area (Å²) in [6.07, 6.45) is 7.09. The Balaban J connectivity index is 1.22.